The Morgan fingerprint density at radius 1 is 1.18 bits per heavy atom. The number of allylic oxidation sites excluding steroid dienone is 1. The van der Waals surface area contributed by atoms with Gasteiger partial charge in [0, 0.05) is 10.6 Å². The van der Waals surface area contributed by atoms with E-state index in [1.54, 1.807) is 18.2 Å². The molecule has 2 aromatic rings. The van der Waals surface area contributed by atoms with Gasteiger partial charge in [-0.2, -0.15) is 13.2 Å². The van der Waals surface area contributed by atoms with Gasteiger partial charge in [0.05, 0.1) is 23.8 Å². The van der Waals surface area contributed by atoms with Crippen molar-refractivity contribution < 1.29 is 27.8 Å². The molecule has 9 heteroatoms. The fourth-order valence-corrected chi connectivity index (χ4v) is 5.12. The molecule has 1 heterocycles. The van der Waals surface area contributed by atoms with Gasteiger partial charge < -0.3 is 20.5 Å². The maximum Gasteiger partial charge on any atom is 0.420 e. The zero-order chi connectivity index (χ0) is 23.6. The van der Waals surface area contributed by atoms with Crippen LogP contribution in [0.15, 0.2) is 47.4 Å². The van der Waals surface area contributed by atoms with Crippen molar-refractivity contribution >= 4 is 29.1 Å². The van der Waals surface area contributed by atoms with Gasteiger partial charge >= 0.3 is 12.1 Å². The Morgan fingerprint density at radius 2 is 1.88 bits per heavy atom. The molecule has 1 aliphatic carbocycles. The first-order valence-electron chi connectivity index (χ1n) is 10.8. The summed E-state index contributed by atoms with van der Waals surface area (Å²) in [4.78, 5) is 11.8. The van der Waals surface area contributed by atoms with Gasteiger partial charge in [0.2, 0.25) is 0 Å². The van der Waals surface area contributed by atoms with Crippen molar-refractivity contribution in [3.63, 3.8) is 0 Å². The van der Waals surface area contributed by atoms with Crippen LogP contribution < -0.4 is 15.4 Å². The van der Waals surface area contributed by atoms with Crippen LogP contribution in [0.1, 0.15) is 49.3 Å². The van der Waals surface area contributed by atoms with Crippen molar-refractivity contribution in [1.29, 1.82) is 0 Å². The van der Waals surface area contributed by atoms with Gasteiger partial charge in [0.25, 0.3) is 0 Å². The highest BCUT2D eigenvalue weighted by Crippen LogP contribution is 2.41. The van der Waals surface area contributed by atoms with E-state index in [1.807, 2.05) is 19.1 Å². The highest BCUT2D eigenvalue weighted by Gasteiger charge is 2.36. The van der Waals surface area contributed by atoms with E-state index in [9.17, 15) is 18.0 Å². The topological polar surface area (TPSA) is 70.6 Å². The van der Waals surface area contributed by atoms with Crippen LogP contribution in [0.2, 0.25) is 0 Å². The Hall–Kier alpha value is -2.81. The first kappa shape index (κ1) is 23.4. The third kappa shape index (κ3) is 5.76. The summed E-state index contributed by atoms with van der Waals surface area (Å²) in [6, 6.07) is 11.3. The van der Waals surface area contributed by atoms with Crippen molar-refractivity contribution in [2.75, 3.05) is 5.32 Å². The lowest BCUT2D eigenvalue weighted by molar-refractivity contribution is -0.139. The predicted molar refractivity (Wildman–Crippen MR) is 123 cm³/mol. The predicted octanol–water partition coefficient (Wildman–Crippen LogP) is 6.07. The largest absolute Gasteiger partial charge is 0.490 e. The number of ether oxygens (including phenoxy) is 1. The van der Waals surface area contributed by atoms with Crippen LogP contribution >= 0.6 is 11.8 Å². The average molecular weight is 479 g/mol. The van der Waals surface area contributed by atoms with Crippen molar-refractivity contribution in [1.82, 2.24) is 5.32 Å². The Labute approximate surface area is 194 Å². The summed E-state index contributed by atoms with van der Waals surface area (Å²) in [5.74, 6) is -1.02. The maximum atomic E-state index is 13.7. The van der Waals surface area contributed by atoms with Crippen LogP contribution in [0, 0.1) is 0 Å². The van der Waals surface area contributed by atoms with Crippen molar-refractivity contribution in [3.05, 3.63) is 64.1 Å². The molecule has 0 bridgehead atoms. The average Bonchev–Trinajstić information content (AvgIpc) is 3.38. The number of halogens is 3. The molecule has 1 fully saturated rings. The fourth-order valence-electron chi connectivity index (χ4n) is 4.10. The van der Waals surface area contributed by atoms with E-state index in [1.165, 1.54) is 17.8 Å². The number of carboxylic acid groups (broad SMARTS) is 1. The van der Waals surface area contributed by atoms with Gasteiger partial charge in [-0.3, -0.25) is 4.79 Å². The number of aliphatic carboxylic acids is 1. The molecule has 0 amide bonds. The minimum absolute atomic E-state index is 0.0489. The van der Waals surface area contributed by atoms with E-state index in [-0.39, 0.29) is 23.8 Å². The molecule has 2 aromatic carbocycles. The Kier molecular flexibility index (Phi) is 6.78. The van der Waals surface area contributed by atoms with Crippen LogP contribution in [0.5, 0.6) is 5.75 Å². The summed E-state index contributed by atoms with van der Waals surface area (Å²) in [7, 11) is 0. The van der Waals surface area contributed by atoms with Crippen LogP contribution in [-0.2, 0) is 17.4 Å². The summed E-state index contributed by atoms with van der Waals surface area (Å²) in [5, 5.41) is 15.3. The van der Waals surface area contributed by atoms with Crippen LogP contribution in [0.4, 0.5) is 18.9 Å². The number of nitrogens with one attached hydrogen (secondary N) is 2. The lowest BCUT2D eigenvalue weighted by Gasteiger charge is -2.21. The van der Waals surface area contributed by atoms with Crippen molar-refractivity contribution in [2.24, 2.45) is 0 Å². The van der Waals surface area contributed by atoms with Gasteiger partial charge in [-0.1, -0.05) is 36.0 Å². The second-order valence-electron chi connectivity index (χ2n) is 8.22. The zero-order valence-electron chi connectivity index (χ0n) is 18.0. The Morgan fingerprint density at radius 3 is 2.52 bits per heavy atom. The summed E-state index contributed by atoms with van der Waals surface area (Å²) < 4.78 is 46.8. The normalized spacial score (nSPS) is 19.0. The quantitative estimate of drug-likeness (QED) is 0.448. The fraction of sp³-hybridized carbons (Fsp3) is 0.375. The Balaban J connectivity index is 1.45. The monoisotopic (exact) mass is 478 g/mol. The molecule has 2 aliphatic rings. The number of carbonyl (C=O) groups is 1. The van der Waals surface area contributed by atoms with E-state index in [0.29, 0.717) is 11.3 Å². The van der Waals surface area contributed by atoms with Gasteiger partial charge in [0.15, 0.2) is 0 Å². The molecule has 1 unspecified atom stereocenters. The molecule has 1 saturated carbocycles. The molecular formula is C24H25F3N2O3S. The first-order valence-corrected chi connectivity index (χ1v) is 11.7. The lowest BCUT2D eigenvalue weighted by Crippen LogP contribution is -2.28. The van der Waals surface area contributed by atoms with E-state index in [2.05, 4.69) is 10.6 Å². The molecule has 5 nitrogen and oxygen atoms in total. The second kappa shape index (κ2) is 9.59. The van der Waals surface area contributed by atoms with Crippen LogP contribution in [0.25, 0.3) is 5.70 Å². The number of benzene rings is 2. The lowest BCUT2D eigenvalue weighted by atomic mass is 10.1. The van der Waals surface area contributed by atoms with Gasteiger partial charge in [0.1, 0.15) is 11.2 Å². The molecule has 0 radical (unpaired) electrons. The maximum absolute atomic E-state index is 13.7. The third-order valence-electron chi connectivity index (χ3n) is 5.70. The number of alkyl halides is 3. The van der Waals surface area contributed by atoms with E-state index >= 15 is 0 Å². The summed E-state index contributed by atoms with van der Waals surface area (Å²) in [6.07, 6.45) is -1.20. The number of anilines is 1. The minimum Gasteiger partial charge on any atom is -0.490 e. The standard InChI is InChI=1S/C24H25F3N2O3S/c1-14-22(16-8-6-15(7-9-16)12-21(30)31)29-23(33-14)28-17-10-11-20(19(13-17)24(25,26)27)32-18-4-2-3-5-18/h6-11,13,18,23,28-29H,2-5,12H2,1H3,(H,30,31). The van der Waals surface area contributed by atoms with Crippen molar-refractivity contribution in [3.8, 4) is 5.75 Å². The number of thioether (sulfide) groups is 1. The number of carboxylic acids is 1. The molecule has 3 N–H and O–H groups in total. The number of rotatable bonds is 7. The molecule has 0 aromatic heterocycles. The summed E-state index contributed by atoms with van der Waals surface area (Å²) >= 11 is 1.47. The number of hydrogen-bond acceptors (Lipinski definition) is 5. The van der Waals surface area contributed by atoms with Crippen LogP contribution in [0.3, 0.4) is 0 Å². The van der Waals surface area contributed by atoms with Gasteiger partial charge in [-0.15, -0.1) is 0 Å². The SMILES string of the molecule is CC1=C(c2ccc(CC(=O)O)cc2)NC(Nc2ccc(OC3CCCC3)c(C(F)(F)F)c2)S1. The van der Waals surface area contributed by atoms with Crippen molar-refractivity contribution in [2.45, 2.75) is 56.8 Å². The molecule has 4 rings (SSSR count). The Bertz CT molecular complexity index is 1050. The molecule has 0 saturated heterocycles. The van der Waals surface area contributed by atoms with Crippen LogP contribution in [-0.4, -0.2) is 22.7 Å². The first-order chi connectivity index (χ1) is 15.7. The highest BCUT2D eigenvalue weighted by atomic mass is 32.2. The molecule has 33 heavy (non-hydrogen) atoms. The minimum atomic E-state index is -4.51. The van der Waals surface area contributed by atoms with E-state index in [0.717, 1.165) is 47.9 Å². The van der Waals surface area contributed by atoms with E-state index < -0.39 is 17.7 Å². The van der Waals surface area contributed by atoms with E-state index in [4.69, 9.17) is 9.84 Å². The molecule has 176 valence electrons. The molecule has 0 spiro atoms. The third-order valence-corrected chi connectivity index (χ3v) is 6.73. The summed E-state index contributed by atoms with van der Waals surface area (Å²) in [6.45, 7) is 1.93. The molecule has 1 atom stereocenters. The zero-order valence-corrected chi connectivity index (χ0v) is 18.9. The number of hydrogen-bond donors (Lipinski definition) is 3. The highest BCUT2D eigenvalue weighted by molar-refractivity contribution is 8.04. The second-order valence-corrected chi connectivity index (χ2v) is 9.54. The molecular weight excluding hydrogens is 453 g/mol. The van der Waals surface area contributed by atoms with Gasteiger partial charge in [-0.25, -0.2) is 0 Å². The summed E-state index contributed by atoms with van der Waals surface area (Å²) in [5.41, 5.74) is 1.66. The van der Waals surface area contributed by atoms with Gasteiger partial charge in [-0.05, 0) is 61.9 Å². The molecule has 1 aliphatic heterocycles. The smallest absolute Gasteiger partial charge is 0.420 e.